The molecule has 78 valence electrons. The molecule has 0 unspecified atom stereocenters. The van der Waals surface area contributed by atoms with E-state index in [1.165, 1.54) is 10.7 Å². The molecule has 0 fully saturated rings. The van der Waals surface area contributed by atoms with E-state index in [9.17, 15) is 10.1 Å². The van der Waals surface area contributed by atoms with E-state index < -0.39 is 4.92 Å². The van der Waals surface area contributed by atoms with Crippen LogP contribution in [0.5, 0.6) is 0 Å². The van der Waals surface area contributed by atoms with Gasteiger partial charge in [0, 0.05) is 6.54 Å². The summed E-state index contributed by atoms with van der Waals surface area (Å²) in [5, 5.41) is 14.0. The van der Waals surface area contributed by atoms with Gasteiger partial charge >= 0.3 is 5.82 Å². The molecule has 0 saturated heterocycles. The first-order chi connectivity index (χ1) is 6.74. The van der Waals surface area contributed by atoms with Crippen LogP contribution >= 0.6 is 0 Å². The van der Waals surface area contributed by atoms with E-state index >= 15 is 0 Å². The lowest BCUT2D eigenvalue weighted by Crippen LogP contribution is -2.12. The molecular formula is C7H12N4O3. The van der Waals surface area contributed by atoms with Crippen LogP contribution in [0.1, 0.15) is 0 Å². The van der Waals surface area contributed by atoms with Gasteiger partial charge in [-0.3, -0.25) is 0 Å². The van der Waals surface area contributed by atoms with E-state index in [1.807, 2.05) is 0 Å². The van der Waals surface area contributed by atoms with Gasteiger partial charge in [0.15, 0.2) is 0 Å². The highest BCUT2D eigenvalue weighted by atomic mass is 16.6. The van der Waals surface area contributed by atoms with E-state index in [1.54, 1.807) is 6.20 Å². The van der Waals surface area contributed by atoms with Gasteiger partial charge in [-0.05, 0) is 4.92 Å². The predicted molar refractivity (Wildman–Crippen MR) is 48.8 cm³/mol. The van der Waals surface area contributed by atoms with Gasteiger partial charge in [-0.15, -0.1) is 0 Å². The van der Waals surface area contributed by atoms with E-state index in [0.29, 0.717) is 26.3 Å². The third-order valence-corrected chi connectivity index (χ3v) is 1.54. The van der Waals surface area contributed by atoms with Crippen LogP contribution in [-0.4, -0.2) is 34.5 Å². The first-order valence-electron chi connectivity index (χ1n) is 4.19. The summed E-state index contributed by atoms with van der Waals surface area (Å²) in [6, 6.07) is 1.35. The second-order valence-corrected chi connectivity index (χ2v) is 2.60. The van der Waals surface area contributed by atoms with E-state index in [0.717, 1.165) is 0 Å². The van der Waals surface area contributed by atoms with Crippen molar-refractivity contribution >= 4 is 5.82 Å². The molecule has 1 heterocycles. The molecule has 0 bridgehead atoms. The Morgan fingerprint density at radius 1 is 1.64 bits per heavy atom. The molecule has 0 aliphatic heterocycles. The van der Waals surface area contributed by atoms with E-state index in [-0.39, 0.29) is 5.82 Å². The zero-order valence-electron chi connectivity index (χ0n) is 7.63. The van der Waals surface area contributed by atoms with E-state index in [2.05, 4.69) is 5.10 Å². The number of hydrogen-bond acceptors (Lipinski definition) is 5. The molecule has 7 heteroatoms. The molecule has 0 aromatic carbocycles. The Balaban J connectivity index is 2.33. The molecule has 0 amide bonds. The minimum absolute atomic E-state index is 0.149. The third kappa shape index (κ3) is 3.11. The van der Waals surface area contributed by atoms with Crippen molar-refractivity contribution in [2.24, 2.45) is 5.73 Å². The van der Waals surface area contributed by atoms with Crippen LogP contribution < -0.4 is 5.73 Å². The first-order valence-corrected chi connectivity index (χ1v) is 4.19. The SMILES string of the molecule is NCCOCCn1ccc([N+](=O)[O-])n1. The minimum Gasteiger partial charge on any atom is -0.378 e. The molecule has 0 saturated carbocycles. The number of nitro groups is 1. The van der Waals surface area contributed by atoms with Crippen LogP contribution in [0.15, 0.2) is 12.3 Å². The fourth-order valence-corrected chi connectivity index (χ4v) is 0.916. The van der Waals surface area contributed by atoms with Crippen LogP contribution in [0.4, 0.5) is 5.82 Å². The number of nitrogens with zero attached hydrogens (tertiary/aromatic N) is 3. The Morgan fingerprint density at radius 3 is 3.00 bits per heavy atom. The molecule has 2 N–H and O–H groups in total. The Bertz CT molecular complexity index is 299. The van der Waals surface area contributed by atoms with Crippen LogP contribution in [0.25, 0.3) is 0 Å². The Kier molecular flexibility index (Phi) is 4.02. The largest absolute Gasteiger partial charge is 0.389 e. The molecule has 0 aliphatic rings. The number of nitrogens with two attached hydrogens (primary N) is 1. The van der Waals surface area contributed by atoms with Gasteiger partial charge in [-0.25, -0.2) is 0 Å². The molecule has 14 heavy (non-hydrogen) atoms. The van der Waals surface area contributed by atoms with Crippen molar-refractivity contribution in [2.75, 3.05) is 19.8 Å². The van der Waals surface area contributed by atoms with Gasteiger partial charge in [0.25, 0.3) is 0 Å². The molecule has 1 aromatic rings. The highest BCUT2D eigenvalue weighted by Gasteiger charge is 2.09. The maximum absolute atomic E-state index is 10.3. The zero-order chi connectivity index (χ0) is 10.4. The first kappa shape index (κ1) is 10.6. The highest BCUT2D eigenvalue weighted by Crippen LogP contribution is 2.04. The maximum Gasteiger partial charge on any atom is 0.389 e. The number of hydrogen-bond donors (Lipinski definition) is 1. The lowest BCUT2D eigenvalue weighted by atomic mass is 10.6. The van der Waals surface area contributed by atoms with Gasteiger partial charge in [-0.1, -0.05) is 0 Å². The summed E-state index contributed by atoms with van der Waals surface area (Å²) in [4.78, 5) is 9.74. The summed E-state index contributed by atoms with van der Waals surface area (Å²) in [5.41, 5.74) is 5.22. The molecule has 7 nitrogen and oxygen atoms in total. The van der Waals surface area contributed by atoms with Gasteiger partial charge in [-0.2, -0.15) is 4.68 Å². The lowest BCUT2D eigenvalue weighted by Gasteiger charge is -1.99. The van der Waals surface area contributed by atoms with E-state index in [4.69, 9.17) is 10.5 Å². The highest BCUT2D eigenvalue weighted by molar-refractivity contribution is 5.13. The van der Waals surface area contributed by atoms with Gasteiger partial charge < -0.3 is 20.6 Å². The van der Waals surface area contributed by atoms with Crippen molar-refractivity contribution < 1.29 is 9.66 Å². The topological polar surface area (TPSA) is 96.2 Å². The average molecular weight is 200 g/mol. The summed E-state index contributed by atoms with van der Waals surface area (Å²) in [6.45, 7) is 1.91. The summed E-state index contributed by atoms with van der Waals surface area (Å²) in [7, 11) is 0. The molecule has 0 spiro atoms. The van der Waals surface area contributed by atoms with Crippen LogP contribution in [-0.2, 0) is 11.3 Å². The third-order valence-electron chi connectivity index (χ3n) is 1.54. The van der Waals surface area contributed by atoms with Crippen LogP contribution in [0.3, 0.4) is 0 Å². The van der Waals surface area contributed by atoms with Gasteiger partial charge in [0.1, 0.15) is 0 Å². The Hall–Kier alpha value is -1.47. The number of aromatic nitrogens is 2. The maximum atomic E-state index is 10.3. The lowest BCUT2D eigenvalue weighted by molar-refractivity contribution is -0.389. The van der Waals surface area contributed by atoms with Crippen LogP contribution in [0.2, 0.25) is 0 Å². The molecule has 1 rings (SSSR count). The van der Waals surface area contributed by atoms with Crippen molar-refractivity contribution in [3.8, 4) is 0 Å². The predicted octanol–water partition coefficient (Wildman–Crippen LogP) is -0.233. The van der Waals surface area contributed by atoms with Crippen molar-refractivity contribution in [3.63, 3.8) is 0 Å². The van der Waals surface area contributed by atoms with Crippen molar-refractivity contribution in [3.05, 3.63) is 22.4 Å². The normalized spacial score (nSPS) is 10.4. The molecular weight excluding hydrogens is 188 g/mol. The Morgan fingerprint density at radius 2 is 2.43 bits per heavy atom. The molecule has 0 radical (unpaired) electrons. The van der Waals surface area contributed by atoms with Crippen molar-refractivity contribution in [1.29, 1.82) is 0 Å². The second kappa shape index (κ2) is 5.30. The molecule has 0 atom stereocenters. The number of ether oxygens (including phenoxy) is 1. The number of rotatable bonds is 6. The molecule has 0 aliphatic carbocycles. The van der Waals surface area contributed by atoms with Crippen molar-refractivity contribution in [2.45, 2.75) is 6.54 Å². The van der Waals surface area contributed by atoms with Gasteiger partial charge in [0.2, 0.25) is 0 Å². The zero-order valence-corrected chi connectivity index (χ0v) is 7.63. The minimum atomic E-state index is -0.531. The quantitative estimate of drug-likeness (QED) is 0.388. The summed E-state index contributed by atoms with van der Waals surface area (Å²) >= 11 is 0. The monoisotopic (exact) mass is 200 g/mol. The standard InChI is InChI=1S/C7H12N4O3/c8-2-5-14-6-4-10-3-1-7(9-10)11(12)13/h1,3H,2,4-6,8H2. The smallest absolute Gasteiger partial charge is 0.378 e. The summed E-state index contributed by atoms with van der Waals surface area (Å²) < 4.78 is 6.57. The second-order valence-electron chi connectivity index (χ2n) is 2.60. The van der Waals surface area contributed by atoms with Crippen molar-refractivity contribution in [1.82, 2.24) is 9.78 Å². The summed E-state index contributed by atoms with van der Waals surface area (Å²) in [6.07, 6.45) is 1.55. The fourth-order valence-electron chi connectivity index (χ4n) is 0.916. The fraction of sp³-hybridized carbons (Fsp3) is 0.571. The Labute approximate surface area is 80.6 Å². The average Bonchev–Trinajstić information content (AvgIpc) is 2.61. The van der Waals surface area contributed by atoms with Crippen LogP contribution in [0, 0.1) is 10.1 Å². The molecule has 1 aromatic heterocycles. The van der Waals surface area contributed by atoms with Gasteiger partial charge in [0.05, 0.1) is 37.1 Å². The summed E-state index contributed by atoms with van der Waals surface area (Å²) in [5.74, 6) is -0.149.